The van der Waals surface area contributed by atoms with E-state index in [4.69, 9.17) is 9.47 Å². The van der Waals surface area contributed by atoms with Gasteiger partial charge in [0.2, 0.25) is 0 Å². The minimum absolute atomic E-state index is 0.0225. The fourth-order valence-electron chi connectivity index (χ4n) is 2.20. The number of hydrogen-bond acceptors (Lipinski definition) is 5. The van der Waals surface area contributed by atoms with Crippen LogP contribution in [0.2, 0.25) is 0 Å². The molecule has 1 aromatic heterocycles. The molecule has 0 aliphatic rings. The minimum Gasteiger partial charge on any atom is -0.493 e. The molecule has 0 spiro atoms. The largest absolute Gasteiger partial charge is 0.493 e. The number of benzene rings is 2. The summed E-state index contributed by atoms with van der Waals surface area (Å²) in [7, 11) is 1.54. The van der Waals surface area contributed by atoms with Gasteiger partial charge in [-0.1, -0.05) is 18.2 Å². The number of Topliss-reactive ketones (excluding diaryl/α,β-unsaturated/α-hetero) is 1. The lowest BCUT2D eigenvalue weighted by atomic mass is 10.1. The van der Waals surface area contributed by atoms with Crippen LogP contribution in [0.3, 0.4) is 0 Å². The number of aromatic nitrogens is 3. The van der Waals surface area contributed by atoms with Gasteiger partial charge < -0.3 is 9.47 Å². The second-order valence-corrected chi connectivity index (χ2v) is 5.17. The molecule has 0 fully saturated rings. The molecule has 6 nitrogen and oxygen atoms in total. The van der Waals surface area contributed by atoms with Crippen LogP contribution >= 0.6 is 0 Å². The van der Waals surface area contributed by atoms with E-state index in [1.54, 1.807) is 29.2 Å². The molecule has 6 heteroatoms. The number of rotatable bonds is 6. The Morgan fingerprint density at radius 3 is 2.62 bits per heavy atom. The molecule has 24 heavy (non-hydrogen) atoms. The topological polar surface area (TPSA) is 66.2 Å². The zero-order valence-corrected chi connectivity index (χ0v) is 13.5. The lowest BCUT2D eigenvalue weighted by Gasteiger charge is -2.10. The highest BCUT2D eigenvalue weighted by Gasteiger charge is 2.10. The van der Waals surface area contributed by atoms with Crippen molar-refractivity contribution in [3.05, 3.63) is 66.0 Å². The Morgan fingerprint density at radius 2 is 1.92 bits per heavy atom. The third-order valence-corrected chi connectivity index (χ3v) is 3.47. The molecule has 0 amide bonds. The summed E-state index contributed by atoms with van der Waals surface area (Å²) in [6.45, 7) is 1.76. The Morgan fingerprint density at radius 1 is 1.12 bits per heavy atom. The standard InChI is InChI=1S/C18H17N3O3/c1-13(22)14-8-9-17(18(10-14)23-2)24-12-15-11-19-21(20-15)16-6-4-3-5-7-16/h3-11H,12H2,1-2H3. The van der Waals surface area contributed by atoms with E-state index in [9.17, 15) is 4.79 Å². The van der Waals surface area contributed by atoms with E-state index < -0.39 is 0 Å². The third kappa shape index (κ3) is 3.43. The van der Waals surface area contributed by atoms with Gasteiger partial charge in [0.15, 0.2) is 17.3 Å². The maximum absolute atomic E-state index is 11.4. The molecule has 0 N–H and O–H groups in total. The van der Waals surface area contributed by atoms with Crippen LogP contribution in [0, 0.1) is 0 Å². The normalized spacial score (nSPS) is 10.4. The number of nitrogens with zero attached hydrogens (tertiary/aromatic N) is 3. The Bertz CT molecular complexity index is 844. The van der Waals surface area contributed by atoms with Crippen LogP contribution in [0.1, 0.15) is 23.0 Å². The predicted molar refractivity (Wildman–Crippen MR) is 88.7 cm³/mol. The molecule has 1 heterocycles. The molecule has 0 aliphatic heterocycles. The highest BCUT2D eigenvalue weighted by Crippen LogP contribution is 2.28. The number of ether oxygens (including phenoxy) is 2. The molecule has 0 unspecified atom stereocenters. The predicted octanol–water partition coefficient (Wildman–Crippen LogP) is 3.06. The van der Waals surface area contributed by atoms with Gasteiger partial charge in [-0.05, 0) is 37.3 Å². The van der Waals surface area contributed by atoms with E-state index in [0.717, 1.165) is 5.69 Å². The number of ketones is 1. The minimum atomic E-state index is -0.0225. The maximum Gasteiger partial charge on any atom is 0.161 e. The van der Waals surface area contributed by atoms with E-state index in [0.29, 0.717) is 22.8 Å². The number of carbonyl (C=O) groups is 1. The maximum atomic E-state index is 11.4. The lowest BCUT2D eigenvalue weighted by molar-refractivity contribution is 0.101. The SMILES string of the molecule is COc1cc(C(C)=O)ccc1OCc1cnn(-c2ccccc2)n1. The van der Waals surface area contributed by atoms with E-state index in [1.165, 1.54) is 14.0 Å². The molecule has 0 atom stereocenters. The summed E-state index contributed by atoms with van der Waals surface area (Å²) in [6.07, 6.45) is 1.66. The number of para-hydroxylation sites is 1. The fourth-order valence-corrected chi connectivity index (χ4v) is 2.20. The Balaban J connectivity index is 1.72. The van der Waals surface area contributed by atoms with Crippen LogP contribution in [0.5, 0.6) is 11.5 Å². The van der Waals surface area contributed by atoms with Crippen molar-refractivity contribution in [2.75, 3.05) is 7.11 Å². The van der Waals surface area contributed by atoms with Gasteiger partial charge in [0.25, 0.3) is 0 Å². The summed E-state index contributed by atoms with van der Waals surface area (Å²) >= 11 is 0. The molecular formula is C18H17N3O3. The fraction of sp³-hybridized carbons (Fsp3) is 0.167. The number of carbonyl (C=O) groups excluding carboxylic acids is 1. The smallest absolute Gasteiger partial charge is 0.161 e. The van der Waals surface area contributed by atoms with Gasteiger partial charge in [-0.2, -0.15) is 9.90 Å². The summed E-state index contributed by atoms with van der Waals surface area (Å²) < 4.78 is 11.0. The van der Waals surface area contributed by atoms with E-state index in [1.807, 2.05) is 30.3 Å². The Kier molecular flexibility index (Phi) is 4.56. The lowest BCUT2D eigenvalue weighted by Crippen LogP contribution is -2.02. The zero-order valence-electron chi connectivity index (χ0n) is 13.5. The summed E-state index contributed by atoms with van der Waals surface area (Å²) in [5.74, 6) is 1.04. The summed E-state index contributed by atoms with van der Waals surface area (Å²) in [6, 6.07) is 14.7. The van der Waals surface area contributed by atoms with Crippen molar-refractivity contribution < 1.29 is 14.3 Å². The summed E-state index contributed by atoms with van der Waals surface area (Å²) in [5.41, 5.74) is 2.15. The van der Waals surface area contributed by atoms with Gasteiger partial charge in [-0.3, -0.25) is 4.79 Å². The first-order valence-electron chi connectivity index (χ1n) is 7.46. The van der Waals surface area contributed by atoms with Crippen molar-refractivity contribution in [1.29, 1.82) is 0 Å². The van der Waals surface area contributed by atoms with Crippen molar-refractivity contribution in [1.82, 2.24) is 15.0 Å². The molecule has 2 aromatic carbocycles. The molecule has 3 rings (SSSR count). The van der Waals surface area contributed by atoms with Gasteiger partial charge in [0.1, 0.15) is 12.3 Å². The van der Waals surface area contributed by atoms with Crippen molar-refractivity contribution >= 4 is 5.78 Å². The Hall–Kier alpha value is -3.15. The molecule has 0 bridgehead atoms. The molecular weight excluding hydrogens is 306 g/mol. The first-order chi connectivity index (χ1) is 11.7. The summed E-state index contributed by atoms with van der Waals surface area (Å²) in [5, 5.41) is 8.61. The Labute approximate surface area is 139 Å². The van der Waals surface area contributed by atoms with Gasteiger partial charge in [-0.25, -0.2) is 0 Å². The third-order valence-electron chi connectivity index (χ3n) is 3.47. The molecule has 122 valence electrons. The summed E-state index contributed by atoms with van der Waals surface area (Å²) in [4.78, 5) is 13.0. The average molecular weight is 323 g/mol. The van der Waals surface area contributed by atoms with Crippen molar-refractivity contribution in [2.24, 2.45) is 0 Å². The van der Waals surface area contributed by atoms with Gasteiger partial charge in [-0.15, -0.1) is 5.10 Å². The molecule has 0 saturated carbocycles. The second-order valence-electron chi connectivity index (χ2n) is 5.17. The van der Waals surface area contributed by atoms with Crippen LogP contribution in [0.4, 0.5) is 0 Å². The van der Waals surface area contributed by atoms with Crippen LogP contribution in [-0.2, 0) is 6.61 Å². The van der Waals surface area contributed by atoms with Crippen molar-refractivity contribution in [3.63, 3.8) is 0 Å². The molecule has 0 aliphatic carbocycles. The monoisotopic (exact) mass is 323 g/mol. The molecule has 0 radical (unpaired) electrons. The van der Waals surface area contributed by atoms with Crippen LogP contribution < -0.4 is 9.47 Å². The average Bonchev–Trinajstić information content (AvgIpc) is 3.09. The number of hydrogen-bond donors (Lipinski definition) is 0. The van der Waals surface area contributed by atoms with Gasteiger partial charge in [0, 0.05) is 5.56 Å². The second kappa shape index (κ2) is 6.95. The van der Waals surface area contributed by atoms with Gasteiger partial charge in [0.05, 0.1) is 19.0 Å². The van der Waals surface area contributed by atoms with E-state index >= 15 is 0 Å². The van der Waals surface area contributed by atoms with Crippen LogP contribution in [0.15, 0.2) is 54.7 Å². The quantitative estimate of drug-likeness (QED) is 0.652. The highest BCUT2D eigenvalue weighted by molar-refractivity contribution is 5.94. The van der Waals surface area contributed by atoms with Crippen LogP contribution in [-0.4, -0.2) is 27.9 Å². The van der Waals surface area contributed by atoms with E-state index in [2.05, 4.69) is 10.2 Å². The van der Waals surface area contributed by atoms with Crippen molar-refractivity contribution in [3.8, 4) is 17.2 Å². The van der Waals surface area contributed by atoms with Gasteiger partial charge >= 0.3 is 0 Å². The number of methoxy groups -OCH3 is 1. The van der Waals surface area contributed by atoms with Crippen LogP contribution in [0.25, 0.3) is 5.69 Å². The molecule has 3 aromatic rings. The highest BCUT2D eigenvalue weighted by atomic mass is 16.5. The van der Waals surface area contributed by atoms with E-state index in [-0.39, 0.29) is 12.4 Å². The molecule has 0 saturated heterocycles. The zero-order chi connectivity index (χ0) is 16.9. The van der Waals surface area contributed by atoms with Crippen molar-refractivity contribution in [2.45, 2.75) is 13.5 Å². The first-order valence-corrected chi connectivity index (χ1v) is 7.46. The first kappa shape index (κ1) is 15.7.